The predicted molar refractivity (Wildman–Crippen MR) is 142 cm³/mol. The van der Waals surface area contributed by atoms with Crippen molar-refractivity contribution in [2.24, 2.45) is 0 Å². The van der Waals surface area contributed by atoms with E-state index in [1.54, 1.807) is 15.9 Å². The molecule has 0 aliphatic carbocycles. The first-order valence-electron chi connectivity index (χ1n) is 11.3. The van der Waals surface area contributed by atoms with Crippen molar-refractivity contribution in [1.82, 2.24) is 3.96 Å². The van der Waals surface area contributed by atoms with E-state index in [0.717, 1.165) is 21.7 Å². The van der Waals surface area contributed by atoms with Crippen molar-refractivity contribution in [1.29, 1.82) is 0 Å². The summed E-state index contributed by atoms with van der Waals surface area (Å²) >= 11 is 1.33. The van der Waals surface area contributed by atoms with Gasteiger partial charge in [-0.1, -0.05) is 72.2 Å². The van der Waals surface area contributed by atoms with Crippen LogP contribution in [0.2, 0.25) is 0 Å². The zero-order chi connectivity index (χ0) is 24.2. The molecule has 1 atom stereocenters. The minimum atomic E-state index is -0.660. The van der Waals surface area contributed by atoms with E-state index in [9.17, 15) is 9.59 Å². The van der Waals surface area contributed by atoms with Crippen LogP contribution in [-0.4, -0.2) is 16.9 Å². The van der Waals surface area contributed by atoms with Gasteiger partial charge in [-0.15, -0.1) is 0 Å². The predicted octanol–water partition coefficient (Wildman–Crippen LogP) is 6.30. The summed E-state index contributed by atoms with van der Waals surface area (Å²) in [5, 5.41) is 0.633. The Balaban J connectivity index is 1.44. The van der Waals surface area contributed by atoms with Gasteiger partial charge >= 0.3 is 0 Å². The maximum absolute atomic E-state index is 13.8. The lowest BCUT2D eigenvalue weighted by Gasteiger charge is -2.24. The summed E-state index contributed by atoms with van der Waals surface area (Å²) in [4.78, 5) is 28.6. The molecule has 5 aromatic rings. The smallest absolute Gasteiger partial charge is 0.269 e. The van der Waals surface area contributed by atoms with Crippen molar-refractivity contribution in [2.75, 3.05) is 11.9 Å². The molecule has 35 heavy (non-hydrogen) atoms. The van der Waals surface area contributed by atoms with Crippen LogP contribution in [0.25, 0.3) is 10.1 Å². The molecule has 6 heteroatoms. The number of anilines is 1. The van der Waals surface area contributed by atoms with E-state index in [1.165, 1.54) is 11.5 Å². The quantitative estimate of drug-likeness (QED) is 0.275. The van der Waals surface area contributed by atoms with Crippen LogP contribution in [0.4, 0.5) is 5.69 Å². The molecular formula is C29H24N2O3S. The minimum absolute atomic E-state index is 0.139. The topological polar surface area (TPSA) is 51.5 Å². The van der Waals surface area contributed by atoms with Gasteiger partial charge in [-0.2, -0.15) is 0 Å². The molecule has 0 radical (unpaired) electrons. The van der Waals surface area contributed by atoms with Gasteiger partial charge in [-0.3, -0.25) is 13.5 Å². The summed E-state index contributed by atoms with van der Waals surface area (Å²) in [6, 6.07) is 33.5. The standard InChI is InChI=1S/C29H24N2O3S/c1-30(22-16-18-24(19-17-22)34-23-12-6-3-7-13-23)29(33)26(20-21-10-4-2-5-11-21)31-28(32)25-14-8-9-15-27(25)35-31/h2-19,26H,20H2,1H3. The Labute approximate surface area is 207 Å². The number of benzene rings is 4. The van der Waals surface area contributed by atoms with Crippen molar-refractivity contribution >= 4 is 33.2 Å². The van der Waals surface area contributed by atoms with Crippen LogP contribution in [-0.2, 0) is 11.2 Å². The Morgan fingerprint density at radius 1 is 0.829 bits per heavy atom. The van der Waals surface area contributed by atoms with Crippen molar-refractivity contribution in [3.05, 3.63) is 125 Å². The number of carbonyl (C=O) groups excluding carboxylic acids is 1. The maximum Gasteiger partial charge on any atom is 0.269 e. The molecule has 0 spiro atoms. The van der Waals surface area contributed by atoms with E-state index in [1.807, 2.05) is 109 Å². The molecule has 174 valence electrons. The first-order valence-corrected chi connectivity index (χ1v) is 12.1. The molecule has 0 bridgehead atoms. The van der Waals surface area contributed by atoms with Crippen LogP contribution in [0.3, 0.4) is 0 Å². The zero-order valence-corrected chi connectivity index (χ0v) is 20.0. The Morgan fingerprint density at radius 3 is 2.11 bits per heavy atom. The van der Waals surface area contributed by atoms with Crippen LogP contribution in [0.5, 0.6) is 11.5 Å². The van der Waals surface area contributed by atoms with Crippen LogP contribution >= 0.6 is 11.5 Å². The Hall–Kier alpha value is -4.16. The zero-order valence-electron chi connectivity index (χ0n) is 19.2. The summed E-state index contributed by atoms with van der Waals surface area (Å²) < 4.78 is 8.35. The lowest BCUT2D eigenvalue weighted by molar-refractivity contribution is -0.121. The summed E-state index contributed by atoms with van der Waals surface area (Å²) in [6.07, 6.45) is 0.423. The Kier molecular flexibility index (Phi) is 6.46. The number of carbonyl (C=O) groups is 1. The lowest BCUT2D eigenvalue weighted by Crippen LogP contribution is -2.38. The number of hydrogen-bond acceptors (Lipinski definition) is 4. The second-order valence-electron chi connectivity index (χ2n) is 8.23. The Bertz CT molecular complexity index is 1490. The molecule has 5 rings (SSSR count). The van der Waals surface area contributed by atoms with E-state index < -0.39 is 6.04 Å². The molecule has 4 aromatic carbocycles. The van der Waals surface area contributed by atoms with Crippen molar-refractivity contribution in [3.63, 3.8) is 0 Å². The average Bonchev–Trinajstić information content (AvgIpc) is 3.24. The second kappa shape index (κ2) is 9.99. The van der Waals surface area contributed by atoms with Gasteiger partial charge in [0.05, 0.1) is 10.1 Å². The second-order valence-corrected chi connectivity index (χ2v) is 9.25. The molecule has 0 fully saturated rings. The third-order valence-electron chi connectivity index (χ3n) is 5.89. The third-order valence-corrected chi connectivity index (χ3v) is 7.06. The normalized spacial score (nSPS) is 11.8. The molecule has 0 aliphatic rings. The highest BCUT2D eigenvalue weighted by molar-refractivity contribution is 7.14. The van der Waals surface area contributed by atoms with Gasteiger partial charge in [0.1, 0.15) is 17.5 Å². The summed E-state index contributed by atoms with van der Waals surface area (Å²) in [5.74, 6) is 1.28. The maximum atomic E-state index is 13.8. The highest BCUT2D eigenvalue weighted by atomic mass is 32.1. The number of para-hydroxylation sites is 1. The first-order chi connectivity index (χ1) is 17.1. The van der Waals surface area contributed by atoms with Crippen LogP contribution < -0.4 is 15.2 Å². The number of rotatable bonds is 7. The van der Waals surface area contributed by atoms with Gasteiger partial charge in [-0.05, 0) is 54.1 Å². The average molecular weight is 481 g/mol. The Morgan fingerprint density at radius 2 is 1.43 bits per heavy atom. The molecule has 0 saturated heterocycles. The monoisotopic (exact) mass is 480 g/mol. The molecule has 1 unspecified atom stereocenters. The SMILES string of the molecule is CN(C(=O)C(Cc1ccccc1)n1sc2ccccc2c1=O)c1ccc(Oc2ccccc2)cc1. The molecule has 1 amide bonds. The summed E-state index contributed by atoms with van der Waals surface area (Å²) in [5.41, 5.74) is 1.58. The van der Waals surface area contributed by atoms with Crippen molar-refractivity contribution < 1.29 is 9.53 Å². The summed E-state index contributed by atoms with van der Waals surface area (Å²) in [6.45, 7) is 0. The number of ether oxygens (including phenoxy) is 1. The van der Waals surface area contributed by atoms with E-state index in [-0.39, 0.29) is 11.5 Å². The first kappa shape index (κ1) is 22.6. The van der Waals surface area contributed by atoms with Gasteiger partial charge in [-0.25, -0.2) is 0 Å². The van der Waals surface area contributed by atoms with Gasteiger partial charge in [0.2, 0.25) is 0 Å². The van der Waals surface area contributed by atoms with Crippen molar-refractivity contribution in [2.45, 2.75) is 12.5 Å². The molecule has 0 N–H and O–H groups in total. The van der Waals surface area contributed by atoms with Crippen LogP contribution in [0, 0.1) is 0 Å². The molecule has 1 aromatic heterocycles. The molecule has 1 heterocycles. The van der Waals surface area contributed by atoms with Gasteiger partial charge in [0.15, 0.2) is 0 Å². The van der Waals surface area contributed by atoms with Crippen molar-refractivity contribution in [3.8, 4) is 11.5 Å². The number of nitrogens with zero attached hydrogens (tertiary/aromatic N) is 2. The highest BCUT2D eigenvalue weighted by Crippen LogP contribution is 2.28. The van der Waals surface area contributed by atoms with E-state index >= 15 is 0 Å². The fourth-order valence-electron chi connectivity index (χ4n) is 4.02. The van der Waals surface area contributed by atoms with E-state index in [4.69, 9.17) is 4.74 Å². The van der Waals surface area contributed by atoms with E-state index in [2.05, 4.69) is 0 Å². The van der Waals surface area contributed by atoms with Gasteiger partial charge < -0.3 is 9.64 Å². The number of hydrogen-bond donors (Lipinski definition) is 0. The lowest BCUT2D eigenvalue weighted by atomic mass is 10.0. The fourth-order valence-corrected chi connectivity index (χ4v) is 5.09. The number of likely N-dealkylation sites (N-methyl/N-ethyl adjacent to an activating group) is 1. The largest absolute Gasteiger partial charge is 0.457 e. The van der Waals surface area contributed by atoms with Gasteiger partial charge in [0, 0.05) is 19.2 Å². The number of amides is 1. The molecule has 0 aliphatic heterocycles. The molecule has 5 nitrogen and oxygen atoms in total. The number of aromatic nitrogens is 1. The highest BCUT2D eigenvalue weighted by Gasteiger charge is 2.28. The molecule has 0 saturated carbocycles. The third kappa shape index (κ3) is 4.88. The van der Waals surface area contributed by atoms with Gasteiger partial charge in [0.25, 0.3) is 11.5 Å². The van der Waals surface area contributed by atoms with E-state index in [0.29, 0.717) is 17.6 Å². The van der Waals surface area contributed by atoms with Crippen LogP contribution in [0.15, 0.2) is 114 Å². The van der Waals surface area contributed by atoms with Crippen LogP contribution in [0.1, 0.15) is 11.6 Å². The molecular weight excluding hydrogens is 456 g/mol. The minimum Gasteiger partial charge on any atom is -0.457 e. The summed E-state index contributed by atoms with van der Waals surface area (Å²) in [7, 11) is 1.74. The fraction of sp³-hybridized carbons (Fsp3) is 0.103. The number of fused-ring (bicyclic) bond motifs is 1.